The van der Waals surface area contributed by atoms with Gasteiger partial charge in [-0.15, -0.1) is 0 Å². The molecule has 0 spiro atoms. The number of amides is 1. The van der Waals surface area contributed by atoms with Crippen LogP contribution in [-0.4, -0.2) is 193 Å². The molecule has 3 rings (SSSR count). The standard InChI is InChI=1S/C71H131NO18/c1-3-5-7-9-11-13-15-17-19-20-21-22-23-24-25-26-27-28-29-30-31-32-33-34-35-36-38-40-42-44-46-48-55(76)54(72-59(77)49-47-45-43-41-39-37-18-16-14-12-10-8-6-4-2)53-85-69-65(83)62(80)67(57(51-74)87-69)90-71-66(84)63(81)68(58(52-75)88-71)89-70-64(82)61(79)60(78)56(50-73)86-70/h16,18,38,40,46,48,54-58,60-71,73-76,78-84H,3-15,17,19-37,39,41-45,47,49-53H2,1-2H3,(H,72,77)/b18-16-,40-38+,48-46+. The summed E-state index contributed by atoms with van der Waals surface area (Å²) < 4.78 is 34.3. The first-order chi connectivity index (χ1) is 43.8. The van der Waals surface area contributed by atoms with Crippen molar-refractivity contribution in [3.8, 4) is 0 Å². The van der Waals surface area contributed by atoms with Crippen molar-refractivity contribution in [1.82, 2.24) is 5.32 Å². The van der Waals surface area contributed by atoms with Crippen molar-refractivity contribution in [3.05, 3.63) is 36.5 Å². The highest BCUT2D eigenvalue weighted by Crippen LogP contribution is 2.33. The molecular weight excluding hydrogens is 1150 g/mol. The van der Waals surface area contributed by atoms with Gasteiger partial charge in [-0.25, -0.2) is 0 Å². The molecule has 0 aromatic heterocycles. The third kappa shape index (κ3) is 34.6. The molecule has 3 fully saturated rings. The monoisotopic (exact) mass is 1290 g/mol. The Labute approximate surface area is 542 Å². The Balaban J connectivity index is 1.40. The van der Waals surface area contributed by atoms with E-state index < -0.39 is 124 Å². The Bertz CT molecular complexity index is 1780. The summed E-state index contributed by atoms with van der Waals surface area (Å²) in [6.07, 6.45) is 35.8. The second-order valence-electron chi connectivity index (χ2n) is 26.0. The first-order valence-electron chi connectivity index (χ1n) is 36.2. The van der Waals surface area contributed by atoms with E-state index in [2.05, 4.69) is 43.5 Å². The van der Waals surface area contributed by atoms with Crippen LogP contribution >= 0.6 is 0 Å². The smallest absolute Gasteiger partial charge is 0.220 e. The van der Waals surface area contributed by atoms with Crippen LogP contribution in [0.2, 0.25) is 0 Å². The number of aliphatic hydroxyl groups is 11. The van der Waals surface area contributed by atoms with Crippen molar-refractivity contribution in [2.45, 2.75) is 381 Å². The minimum atomic E-state index is -1.98. The highest BCUT2D eigenvalue weighted by Gasteiger charge is 2.53. The maximum atomic E-state index is 13.4. The summed E-state index contributed by atoms with van der Waals surface area (Å²) in [5, 5.41) is 120. The Morgan fingerprint density at radius 3 is 1.11 bits per heavy atom. The predicted molar refractivity (Wildman–Crippen MR) is 351 cm³/mol. The molecule has 1 amide bonds. The molecule has 0 aromatic carbocycles. The van der Waals surface area contributed by atoms with Crippen molar-refractivity contribution in [3.63, 3.8) is 0 Å². The molecule has 3 aliphatic heterocycles. The molecule has 528 valence electrons. The van der Waals surface area contributed by atoms with Gasteiger partial charge in [0.2, 0.25) is 5.91 Å². The van der Waals surface area contributed by atoms with E-state index in [1.165, 1.54) is 186 Å². The maximum Gasteiger partial charge on any atom is 0.220 e. The van der Waals surface area contributed by atoms with Crippen molar-refractivity contribution >= 4 is 5.91 Å². The van der Waals surface area contributed by atoms with E-state index in [9.17, 15) is 61.0 Å². The predicted octanol–water partition coefficient (Wildman–Crippen LogP) is 10.00. The van der Waals surface area contributed by atoms with E-state index in [0.29, 0.717) is 12.8 Å². The lowest BCUT2D eigenvalue weighted by atomic mass is 9.96. The van der Waals surface area contributed by atoms with Gasteiger partial charge in [0.1, 0.15) is 73.2 Å². The lowest BCUT2D eigenvalue weighted by molar-refractivity contribution is -0.379. The fraction of sp³-hybridized carbons (Fsp3) is 0.901. The average Bonchev–Trinajstić information content (AvgIpc) is 0.866. The van der Waals surface area contributed by atoms with E-state index in [1.54, 1.807) is 6.08 Å². The number of ether oxygens (including phenoxy) is 6. The molecule has 17 unspecified atom stereocenters. The number of carbonyl (C=O) groups excluding carboxylic acids is 1. The van der Waals surface area contributed by atoms with Gasteiger partial charge in [0, 0.05) is 6.42 Å². The van der Waals surface area contributed by atoms with Gasteiger partial charge in [0.05, 0.1) is 38.6 Å². The molecule has 0 aromatic rings. The largest absolute Gasteiger partial charge is 0.394 e. The van der Waals surface area contributed by atoms with Gasteiger partial charge in [0.15, 0.2) is 18.9 Å². The summed E-state index contributed by atoms with van der Waals surface area (Å²) in [6, 6.07) is -0.994. The van der Waals surface area contributed by atoms with E-state index in [4.69, 9.17) is 28.4 Å². The summed E-state index contributed by atoms with van der Waals surface area (Å²) >= 11 is 0. The number of aliphatic hydroxyl groups excluding tert-OH is 11. The van der Waals surface area contributed by atoms with Crippen molar-refractivity contribution in [1.29, 1.82) is 0 Å². The lowest BCUT2D eigenvalue weighted by Crippen LogP contribution is -2.66. The Kier molecular flexibility index (Phi) is 48.6. The topological polar surface area (TPSA) is 307 Å². The molecule has 19 heteroatoms. The Hall–Kier alpha value is -1.99. The zero-order valence-corrected chi connectivity index (χ0v) is 55.9. The molecular formula is C71H131NO18. The van der Waals surface area contributed by atoms with Crippen LogP contribution in [0.25, 0.3) is 0 Å². The second-order valence-corrected chi connectivity index (χ2v) is 26.0. The van der Waals surface area contributed by atoms with Gasteiger partial charge in [-0.3, -0.25) is 4.79 Å². The summed E-state index contributed by atoms with van der Waals surface area (Å²) in [4.78, 5) is 13.4. The molecule has 0 radical (unpaired) electrons. The molecule has 17 atom stereocenters. The molecule has 90 heavy (non-hydrogen) atoms. The number of nitrogens with one attached hydrogen (secondary N) is 1. The minimum absolute atomic E-state index is 0.226. The third-order valence-corrected chi connectivity index (χ3v) is 18.2. The third-order valence-electron chi connectivity index (χ3n) is 18.2. The maximum absolute atomic E-state index is 13.4. The number of carbonyl (C=O) groups is 1. The van der Waals surface area contributed by atoms with Gasteiger partial charge in [-0.1, -0.05) is 249 Å². The SMILES string of the molecule is CCCCCCC/C=C\CCCCCCCC(=O)NC(COC1OC(CO)C(OC2OC(CO)C(OC3OC(CO)C(O)C(O)C3O)C(O)C2O)C(O)C1O)C(O)/C=C/CC/C=C/CCCCCCCCCCCCCCCCCCCCCCCCCCC. The second kappa shape index (κ2) is 53.2. The first-order valence-corrected chi connectivity index (χ1v) is 36.2. The Morgan fingerprint density at radius 2 is 0.711 bits per heavy atom. The summed E-state index contributed by atoms with van der Waals surface area (Å²) in [5.74, 6) is -0.293. The lowest BCUT2D eigenvalue weighted by Gasteiger charge is -2.48. The van der Waals surface area contributed by atoms with Crippen LogP contribution in [0.15, 0.2) is 36.5 Å². The molecule has 12 N–H and O–H groups in total. The molecule has 3 aliphatic rings. The van der Waals surface area contributed by atoms with E-state index in [1.807, 2.05) is 6.08 Å². The molecule has 0 bridgehead atoms. The normalized spacial score (nSPS) is 28.2. The van der Waals surface area contributed by atoms with Crippen LogP contribution in [0.1, 0.15) is 277 Å². The van der Waals surface area contributed by atoms with E-state index >= 15 is 0 Å². The number of unbranched alkanes of at least 4 members (excludes halogenated alkanes) is 36. The van der Waals surface area contributed by atoms with Gasteiger partial charge >= 0.3 is 0 Å². The molecule has 0 aliphatic carbocycles. The number of rotatable bonds is 56. The highest BCUT2D eigenvalue weighted by molar-refractivity contribution is 5.76. The number of hydrogen-bond acceptors (Lipinski definition) is 18. The fourth-order valence-electron chi connectivity index (χ4n) is 12.3. The molecule has 0 saturated carbocycles. The zero-order chi connectivity index (χ0) is 65.4. The Morgan fingerprint density at radius 1 is 0.389 bits per heavy atom. The summed E-state index contributed by atoms with van der Waals surface area (Å²) in [5.41, 5.74) is 0. The van der Waals surface area contributed by atoms with Crippen LogP contribution in [0.3, 0.4) is 0 Å². The van der Waals surface area contributed by atoms with Crippen molar-refractivity contribution in [2.75, 3.05) is 26.4 Å². The molecule has 3 saturated heterocycles. The van der Waals surface area contributed by atoms with Gasteiger partial charge in [-0.05, 0) is 57.8 Å². The average molecular weight is 1290 g/mol. The van der Waals surface area contributed by atoms with Crippen LogP contribution in [0.5, 0.6) is 0 Å². The van der Waals surface area contributed by atoms with Crippen LogP contribution in [0, 0.1) is 0 Å². The first kappa shape index (κ1) is 82.2. The highest BCUT2D eigenvalue weighted by atomic mass is 16.8. The summed E-state index contributed by atoms with van der Waals surface area (Å²) in [7, 11) is 0. The van der Waals surface area contributed by atoms with Gasteiger partial charge < -0.3 is 89.9 Å². The van der Waals surface area contributed by atoms with E-state index in [0.717, 1.165) is 57.8 Å². The van der Waals surface area contributed by atoms with Gasteiger partial charge in [0.25, 0.3) is 0 Å². The quantitative estimate of drug-likeness (QED) is 0.0199. The fourth-order valence-corrected chi connectivity index (χ4v) is 12.3. The van der Waals surface area contributed by atoms with Crippen molar-refractivity contribution in [2.24, 2.45) is 0 Å². The zero-order valence-electron chi connectivity index (χ0n) is 55.9. The molecule has 3 heterocycles. The van der Waals surface area contributed by atoms with Crippen LogP contribution in [-0.2, 0) is 33.2 Å². The minimum Gasteiger partial charge on any atom is -0.394 e. The van der Waals surface area contributed by atoms with Crippen molar-refractivity contribution < 1.29 is 89.4 Å². The van der Waals surface area contributed by atoms with E-state index in [-0.39, 0.29) is 18.9 Å². The van der Waals surface area contributed by atoms with Crippen LogP contribution < -0.4 is 5.32 Å². The van der Waals surface area contributed by atoms with Gasteiger partial charge in [-0.2, -0.15) is 0 Å². The number of allylic oxidation sites excluding steroid dienone is 5. The summed E-state index contributed by atoms with van der Waals surface area (Å²) in [6.45, 7) is 1.72. The molecule has 19 nitrogen and oxygen atoms in total. The van der Waals surface area contributed by atoms with Crippen LogP contribution in [0.4, 0.5) is 0 Å². The number of hydrogen-bond donors (Lipinski definition) is 12.